The van der Waals surface area contributed by atoms with E-state index in [0.29, 0.717) is 0 Å². The molecular formula is C36H35BN2O2. The van der Waals surface area contributed by atoms with E-state index in [-0.39, 0.29) is 18.3 Å². The molecule has 1 aliphatic heterocycles. The summed E-state index contributed by atoms with van der Waals surface area (Å²) in [4.78, 5) is 4.54. The molecule has 0 amide bonds. The van der Waals surface area contributed by atoms with E-state index in [0.717, 1.165) is 39.6 Å². The third-order valence-electron chi connectivity index (χ3n) is 8.09. The summed E-state index contributed by atoms with van der Waals surface area (Å²) in [6.07, 6.45) is 0. The van der Waals surface area contributed by atoms with E-state index in [9.17, 15) is 0 Å². The topological polar surface area (TPSA) is 24.9 Å². The molecule has 0 N–H and O–H groups in total. The minimum atomic E-state index is -0.388. The van der Waals surface area contributed by atoms with Gasteiger partial charge >= 0.3 is 7.12 Å². The Morgan fingerprint density at radius 3 is 0.976 bits per heavy atom. The van der Waals surface area contributed by atoms with Gasteiger partial charge in [-0.15, -0.1) is 0 Å². The van der Waals surface area contributed by atoms with Crippen molar-refractivity contribution >= 4 is 46.7 Å². The summed E-state index contributed by atoms with van der Waals surface area (Å²) in [5, 5.41) is 0. The number of nitrogens with zero attached hydrogens (tertiary/aromatic N) is 2. The highest BCUT2D eigenvalue weighted by Gasteiger charge is 2.51. The molecule has 6 rings (SSSR count). The Hall–Kier alpha value is -4.32. The molecule has 1 aliphatic rings. The van der Waals surface area contributed by atoms with Gasteiger partial charge in [0.15, 0.2) is 0 Å². The lowest BCUT2D eigenvalue weighted by atomic mass is 9.79. The van der Waals surface area contributed by atoms with Gasteiger partial charge in [-0.25, -0.2) is 0 Å². The monoisotopic (exact) mass is 538 g/mol. The molecule has 0 aliphatic carbocycles. The molecule has 4 nitrogen and oxygen atoms in total. The Balaban J connectivity index is 1.34. The third-order valence-corrected chi connectivity index (χ3v) is 8.09. The predicted octanol–water partition coefficient (Wildman–Crippen LogP) is 8.93. The Labute approximate surface area is 243 Å². The van der Waals surface area contributed by atoms with Crippen molar-refractivity contribution in [2.45, 2.75) is 38.9 Å². The maximum Gasteiger partial charge on any atom is 0.494 e. The molecule has 41 heavy (non-hydrogen) atoms. The summed E-state index contributed by atoms with van der Waals surface area (Å²) in [6, 6.07) is 48.6. The van der Waals surface area contributed by atoms with Gasteiger partial charge in [0.2, 0.25) is 0 Å². The highest BCUT2D eigenvalue weighted by atomic mass is 16.7. The first-order valence-corrected chi connectivity index (χ1v) is 14.1. The summed E-state index contributed by atoms with van der Waals surface area (Å²) < 4.78 is 12.6. The SMILES string of the molecule is CC1(C)OB(c2ccc(N(c3ccccc3)c3ccc(N(c4ccccc4)c4ccccc4)cc3)cc2)OC1(C)C. The Kier molecular flexibility index (Phi) is 7.16. The van der Waals surface area contributed by atoms with Gasteiger partial charge in [0.05, 0.1) is 11.2 Å². The second kappa shape index (κ2) is 10.9. The second-order valence-corrected chi connectivity index (χ2v) is 11.4. The fraction of sp³-hybridized carbons (Fsp3) is 0.167. The summed E-state index contributed by atoms with van der Waals surface area (Å²) >= 11 is 0. The smallest absolute Gasteiger partial charge is 0.399 e. The zero-order valence-corrected chi connectivity index (χ0v) is 24.1. The van der Waals surface area contributed by atoms with Crippen molar-refractivity contribution in [3.8, 4) is 0 Å². The Bertz CT molecular complexity index is 1520. The van der Waals surface area contributed by atoms with Crippen LogP contribution in [-0.2, 0) is 9.31 Å². The van der Waals surface area contributed by atoms with Gasteiger partial charge < -0.3 is 19.1 Å². The predicted molar refractivity (Wildman–Crippen MR) is 172 cm³/mol. The van der Waals surface area contributed by atoms with Crippen LogP contribution in [0.5, 0.6) is 0 Å². The molecule has 0 atom stereocenters. The number of hydrogen-bond acceptors (Lipinski definition) is 4. The van der Waals surface area contributed by atoms with Crippen molar-refractivity contribution in [1.29, 1.82) is 0 Å². The molecule has 1 fully saturated rings. The average Bonchev–Trinajstić information content (AvgIpc) is 3.22. The number of benzene rings is 5. The van der Waals surface area contributed by atoms with E-state index in [4.69, 9.17) is 9.31 Å². The summed E-state index contributed by atoms with van der Waals surface area (Å²) in [6.45, 7) is 8.33. The van der Waals surface area contributed by atoms with Crippen LogP contribution in [0.3, 0.4) is 0 Å². The van der Waals surface area contributed by atoms with Crippen LogP contribution in [-0.4, -0.2) is 18.3 Å². The Morgan fingerprint density at radius 1 is 0.390 bits per heavy atom. The molecule has 0 saturated carbocycles. The molecule has 0 bridgehead atoms. The van der Waals surface area contributed by atoms with Gasteiger partial charge in [0, 0.05) is 34.1 Å². The van der Waals surface area contributed by atoms with Crippen molar-refractivity contribution in [2.24, 2.45) is 0 Å². The first-order chi connectivity index (χ1) is 19.8. The van der Waals surface area contributed by atoms with Crippen molar-refractivity contribution in [3.63, 3.8) is 0 Å². The third kappa shape index (κ3) is 5.39. The highest BCUT2D eigenvalue weighted by molar-refractivity contribution is 6.62. The maximum absolute atomic E-state index is 6.29. The van der Waals surface area contributed by atoms with Gasteiger partial charge in [0.25, 0.3) is 0 Å². The zero-order valence-electron chi connectivity index (χ0n) is 24.1. The summed E-state index contributed by atoms with van der Waals surface area (Å²) in [5.74, 6) is 0. The lowest BCUT2D eigenvalue weighted by Crippen LogP contribution is -2.41. The second-order valence-electron chi connectivity index (χ2n) is 11.4. The van der Waals surface area contributed by atoms with Crippen LogP contribution in [0.2, 0.25) is 0 Å². The normalized spacial score (nSPS) is 15.5. The van der Waals surface area contributed by atoms with Crippen molar-refractivity contribution in [1.82, 2.24) is 0 Å². The van der Waals surface area contributed by atoms with Gasteiger partial charge in [-0.2, -0.15) is 0 Å². The van der Waals surface area contributed by atoms with Crippen LogP contribution in [0.15, 0.2) is 140 Å². The van der Waals surface area contributed by atoms with Gasteiger partial charge in [-0.05, 0) is 106 Å². The summed E-state index contributed by atoms with van der Waals surface area (Å²) in [7, 11) is -0.388. The quantitative estimate of drug-likeness (QED) is 0.193. The number of para-hydroxylation sites is 3. The molecule has 0 aromatic heterocycles. The first-order valence-electron chi connectivity index (χ1n) is 14.1. The van der Waals surface area contributed by atoms with E-state index in [1.807, 2.05) is 18.2 Å². The van der Waals surface area contributed by atoms with Crippen LogP contribution < -0.4 is 15.3 Å². The average molecular weight is 539 g/mol. The number of hydrogen-bond donors (Lipinski definition) is 0. The molecule has 0 spiro atoms. The van der Waals surface area contributed by atoms with E-state index < -0.39 is 0 Å². The maximum atomic E-state index is 6.29. The van der Waals surface area contributed by atoms with Crippen LogP contribution in [0.1, 0.15) is 27.7 Å². The fourth-order valence-electron chi connectivity index (χ4n) is 5.14. The molecule has 204 valence electrons. The molecule has 5 heteroatoms. The van der Waals surface area contributed by atoms with E-state index in [1.54, 1.807) is 0 Å². The van der Waals surface area contributed by atoms with Crippen molar-refractivity contribution < 1.29 is 9.31 Å². The van der Waals surface area contributed by atoms with Crippen LogP contribution in [0.25, 0.3) is 0 Å². The van der Waals surface area contributed by atoms with Gasteiger partial charge in [-0.3, -0.25) is 0 Å². The lowest BCUT2D eigenvalue weighted by Gasteiger charge is -2.32. The molecule has 0 unspecified atom stereocenters. The molecular weight excluding hydrogens is 503 g/mol. The number of anilines is 6. The molecule has 5 aromatic carbocycles. The zero-order chi connectivity index (χ0) is 28.5. The highest BCUT2D eigenvalue weighted by Crippen LogP contribution is 2.39. The van der Waals surface area contributed by atoms with Crippen molar-refractivity contribution in [2.75, 3.05) is 9.80 Å². The van der Waals surface area contributed by atoms with Crippen LogP contribution in [0.4, 0.5) is 34.1 Å². The standard InChI is InChI=1S/C36H35BN2O2/c1-35(2)36(3,4)41-37(40-35)28-20-22-32(23-21-28)39(31-18-12-7-13-19-31)34-26-24-33(25-27-34)38(29-14-8-5-9-15-29)30-16-10-6-11-17-30/h5-27H,1-4H3. The van der Waals surface area contributed by atoms with Crippen LogP contribution >= 0.6 is 0 Å². The largest absolute Gasteiger partial charge is 0.494 e. The fourth-order valence-corrected chi connectivity index (χ4v) is 5.14. The van der Waals surface area contributed by atoms with E-state index in [2.05, 4.69) is 159 Å². The van der Waals surface area contributed by atoms with Gasteiger partial charge in [0.1, 0.15) is 0 Å². The van der Waals surface area contributed by atoms with E-state index in [1.165, 1.54) is 0 Å². The van der Waals surface area contributed by atoms with E-state index >= 15 is 0 Å². The number of rotatable bonds is 7. The van der Waals surface area contributed by atoms with Gasteiger partial charge in [-0.1, -0.05) is 66.7 Å². The molecule has 5 aromatic rings. The van der Waals surface area contributed by atoms with Crippen molar-refractivity contribution in [3.05, 3.63) is 140 Å². The molecule has 0 radical (unpaired) electrons. The Morgan fingerprint density at radius 2 is 0.659 bits per heavy atom. The molecule has 1 heterocycles. The lowest BCUT2D eigenvalue weighted by molar-refractivity contribution is 0.00578. The first kappa shape index (κ1) is 26.9. The molecule has 1 saturated heterocycles. The summed E-state index contributed by atoms with van der Waals surface area (Å²) in [5.41, 5.74) is 6.81. The minimum absolute atomic E-state index is 0.373. The minimum Gasteiger partial charge on any atom is -0.399 e. The van der Waals surface area contributed by atoms with Crippen LogP contribution in [0, 0.1) is 0 Å².